The van der Waals surface area contributed by atoms with Crippen LogP contribution in [0.1, 0.15) is 24.5 Å². The van der Waals surface area contributed by atoms with Gasteiger partial charge in [-0.3, -0.25) is 4.79 Å². The first kappa shape index (κ1) is 20.1. The van der Waals surface area contributed by atoms with E-state index in [-0.39, 0.29) is 12.3 Å². The van der Waals surface area contributed by atoms with Gasteiger partial charge in [-0.15, -0.1) is 0 Å². The lowest BCUT2D eigenvalue weighted by Gasteiger charge is -2.20. The molecule has 0 bridgehead atoms. The maximum absolute atomic E-state index is 12.1. The number of nitrogens with zero attached hydrogens (tertiary/aromatic N) is 1. The summed E-state index contributed by atoms with van der Waals surface area (Å²) in [5.74, 6) is -0.457. The molecule has 0 spiro atoms. The topological polar surface area (TPSA) is 69.2 Å². The number of amides is 1. The van der Waals surface area contributed by atoms with Gasteiger partial charge in [-0.05, 0) is 35.4 Å². The molecule has 4 rings (SSSR count). The fourth-order valence-electron chi connectivity index (χ4n) is 3.46. The van der Waals surface area contributed by atoms with E-state index in [9.17, 15) is 4.79 Å². The number of nitrogens with one attached hydrogen (secondary N) is 1. The van der Waals surface area contributed by atoms with Gasteiger partial charge in [0.05, 0.1) is 25.8 Å². The van der Waals surface area contributed by atoms with Crippen molar-refractivity contribution in [3.8, 4) is 5.75 Å². The number of rotatable bonds is 7. The van der Waals surface area contributed by atoms with Gasteiger partial charge in [0.15, 0.2) is 5.79 Å². The van der Waals surface area contributed by atoms with E-state index < -0.39 is 5.79 Å². The minimum Gasteiger partial charge on any atom is -0.488 e. The van der Waals surface area contributed by atoms with Gasteiger partial charge in [-0.1, -0.05) is 54.6 Å². The summed E-state index contributed by atoms with van der Waals surface area (Å²) in [7, 11) is 0. The Morgan fingerprint density at radius 1 is 1.07 bits per heavy atom. The molecule has 0 unspecified atom stereocenters. The molecule has 1 saturated heterocycles. The van der Waals surface area contributed by atoms with Crippen LogP contribution in [0, 0.1) is 0 Å². The molecule has 154 valence electrons. The van der Waals surface area contributed by atoms with E-state index in [0.717, 1.165) is 11.1 Å². The highest BCUT2D eigenvalue weighted by molar-refractivity contribution is 5.86. The summed E-state index contributed by atoms with van der Waals surface area (Å²) >= 11 is 0. The molecular formula is C24H24N2O4. The molecule has 3 aromatic carbocycles. The van der Waals surface area contributed by atoms with Crippen LogP contribution in [0.4, 0.5) is 0 Å². The fraction of sp³-hybridized carbons (Fsp3) is 0.250. The molecule has 6 nitrogen and oxygen atoms in total. The van der Waals surface area contributed by atoms with Crippen LogP contribution in [0.3, 0.4) is 0 Å². The second kappa shape index (κ2) is 9.07. The van der Waals surface area contributed by atoms with Crippen molar-refractivity contribution >= 4 is 22.9 Å². The first-order chi connectivity index (χ1) is 14.6. The highest BCUT2D eigenvalue weighted by atomic mass is 16.7. The lowest BCUT2D eigenvalue weighted by molar-refractivity contribution is -0.159. The summed E-state index contributed by atoms with van der Waals surface area (Å²) in [6, 6.07) is 22.0. The Morgan fingerprint density at radius 2 is 1.80 bits per heavy atom. The van der Waals surface area contributed by atoms with Gasteiger partial charge in [0.1, 0.15) is 12.4 Å². The van der Waals surface area contributed by atoms with Crippen molar-refractivity contribution in [1.82, 2.24) is 5.43 Å². The number of para-hydroxylation sites is 1. The van der Waals surface area contributed by atoms with Crippen LogP contribution < -0.4 is 10.2 Å². The average Bonchev–Trinajstić information content (AvgIpc) is 3.18. The number of carbonyl (C=O) groups excluding carboxylic acids is 1. The van der Waals surface area contributed by atoms with E-state index in [1.807, 2.05) is 42.5 Å². The molecule has 1 aliphatic rings. The second-order valence-electron chi connectivity index (χ2n) is 7.27. The van der Waals surface area contributed by atoms with Crippen molar-refractivity contribution in [1.29, 1.82) is 0 Å². The van der Waals surface area contributed by atoms with Crippen molar-refractivity contribution in [2.45, 2.75) is 25.7 Å². The van der Waals surface area contributed by atoms with Gasteiger partial charge in [-0.25, -0.2) is 5.43 Å². The Hall–Kier alpha value is -3.22. The number of carbonyl (C=O) groups is 1. The van der Waals surface area contributed by atoms with E-state index in [1.54, 1.807) is 13.1 Å². The summed E-state index contributed by atoms with van der Waals surface area (Å²) in [6.07, 6.45) is 1.67. The molecule has 0 atom stereocenters. The number of benzene rings is 3. The van der Waals surface area contributed by atoms with Crippen LogP contribution in [0.5, 0.6) is 5.75 Å². The van der Waals surface area contributed by atoms with Gasteiger partial charge in [0.25, 0.3) is 0 Å². The highest BCUT2D eigenvalue weighted by Crippen LogP contribution is 2.23. The lowest BCUT2D eigenvalue weighted by atomic mass is 10.1. The Kier molecular flexibility index (Phi) is 6.07. The second-order valence-corrected chi connectivity index (χ2v) is 7.27. The third kappa shape index (κ3) is 4.84. The molecule has 6 heteroatoms. The summed E-state index contributed by atoms with van der Waals surface area (Å²) in [5, 5.41) is 6.41. The van der Waals surface area contributed by atoms with Crippen molar-refractivity contribution < 1.29 is 19.0 Å². The number of fused-ring (bicyclic) bond motifs is 1. The quantitative estimate of drug-likeness (QED) is 0.477. The summed E-state index contributed by atoms with van der Waals surface area (Å²) in [6.45, 7) is 3.17. The summed E-state index contributed by atoms with van der Waals surface area (Å²) in [5.41, 5.74) is 4.41. The molecule has 1 fully saturated rings. The SMILES string of the molecule is CC1(CC(=O)NN=Cc2ccccc2OCc2cccc3ccccc23)OCCO1. The monoisotopic (exact) mass is 404 g/mol. The number of hydrogen-bond donors (Lipinski definition) is 1. The van der Waals surface area contributed by atoms with Gasteiger partial charge >= 0.3 is 0 Å². The van der Waals surface area contributed by atoms with Crippen molar-refractivity contribution in [3.63, 3.8) is 0 Å². The van der Waals surface area contributed by atoms with Gasteiger partial charge in [-0.2, -0.15) is 5.10 Å². The molecule has 0 aliphatic carbocycles. The Labute approximate surface area is 175 Å². The average molecular weight is 404 g/mol. The lowest BCUT2D eigenvalue weighted by Crippen LogP contribution is -2.33. The number of hydrazone groups is 1. The highest BCUT2D eigenvalue weighted by Gasteiger charge is 2.33. The minimum atomic E-state index is -0.876. The first-order valence-electron chi connectivity index (χ1n) is 9.91. The molecule has 30 heavy (non-hydrogen) atoms. The smallest absolute Gasteiger partial charge is 0.245 e. The zero-order valence-corrected chi connectivity index (χ0v) is 16.8. The van der Waals surface area contributed by atoms with Crippen LogP contribution in [-0.4, -0.2) is 31.1 Å². The molecule has 0 radical (unpaired) electrons. The molecule has 0 saturated carbocycles. The van der Waals surface area contributed by atoms with E-state index in [0.29, 0.717) is 25.6 Å². The fourth-order valence-corrected chi connectivity index (χ4v) is 3.46. The largest absolute Gasteiger partial charge is 0.488 e. The Morgan fingerprint density at radius 3 is 2.67 bits per heavy atom. The van der Waals surface area contributed by atoms with Crippen molar-refractivity contribution in [3.05, 3.63) is 77.9 Å². The van der Waals surface area contributed by atoms with Gasteiger partial charge in [0, 0.05) is 5.56 Å². The van der Waals surface area contributed by atoms with E-state index in [2.05, 4.69) is 34.8 Å². The predicted molar refractivity (Wildman–Crippen MR) is 115 cm³/mol. The Bertz CT molecular complexity index is 1050. The van der Waals surface area contributed by atoms with Crippen molar-refractivity contribution in [2.24, 2.45) is 5.10 Å². The summed E-state index contributed by atoms with van der Waals surface area (Å²) < 4.78 is 17.0. The Balaban J connectivity index is 1.40. The van der Waals surface area contributed by atoms with E-state index >= 15 is 0 Å². The zero-order chi connectivity index (χ0) is 20.8. The predicted octanol–water partition coefficient (Wildman–Crippen LogP) is 4.02. The maximum atomic E-state index is 12.1. The molecule has 3 aromatic rings. The normalized spacial score (nSPS) is 15.5. The molecule has 1 heterocycles. The first-order valence-corrected chi connectivity index (χ1v) is 9.91. The summed E-state index contributed by atoms with van der Waals surface area (Å²) in [4.78, 5) is 12.1. The molecule has 1 amide bonds. The van der Waals surface area contributed by atoms with Crippen molar-refractivity contribution in [2.75, 3.05) is 13.2 Å². The number of ether oxygens (including phenoxy) is 3. The van der Waals surface area contributed by atoms with Crippen LogP contribution in [0.25, 0.3) is 10.8 Å². The van der Waals surface area contributed by atoms with Crippen LogP contribution in [0.15, 0.2) is 71.8 Å². The maximum Gasteiger partial charge on any atom is 0.245 e. The standard InChI is InChI=1S/C24H24N2O4/c1-24(29-13-14-30-24)15-23(27)26-25-16-19-8-3-5-12-22(19)28-17-20-10-6-9-18-7-2-4-11-21(18)20/h2-12,16H,13-15,17H2,1H3,(H,26,27). The minimum absolute atomic E-state index is 0.0869. The van der Waals surface area contributed by atoms with Crippen LogP contribution in [0.2, 0.25) is 0 Å². The van der Waals surface area contributed by atoms with E-state index in [4.69, 9.17) is 14.2 Å². The molecule has 0 aromatic heterocycles. The third-order valence-electron chi connectivity index (χ3n) is 4.95. The molecule has 1 aliphatic heterocycles. The zero-order valence-electron chi connectivity index (χ0n) is 16.8. The van der Waals surface area contributed by atoms with Gasteiger partial charge in [0.2, 0.25) is 5.91 Å². The van der Waals surface area contributed by atoms with E-state index in [1.165, 1.54) is 10.8 Å². The number of hydrogen-bond acceptors (Lipinski definition) is 5. The molecule has 1 N–H and O–H groups in total. The molecular weight excluding hydrogens is 380 g/mol. The van der Waals surface area contributed by atoms with Crippen LogP contribution in [-0.2, 0) is 20.9 Å². The van der Waals surface area contributed by atoms with Gasteiger partial charge < -0.3 is 14.2 Å². The van der Waals surface area contributed by atoms with Crippen LogP contribution >= 0.6 is 0 Å². The third-order valence-corrected chi connectivity index (χ3v) is 4.95.